The summed E-state index contributed by atoms with van der Waals surface area (Å²) in [5.74, 6) is 0.673. The first-order chi connectivity index (χ1) is 16.8. The van der Waals surface area contributed by atoms with E-state index in [-0.39, 0.29) is 18.2 Å². The van der Waals surface area contributed by atoms with Gasteiger partial charge in [-0.1, -0.05) is 37.1 Å². The fourth-order valence-corrected chi connectivity index (χ4v) is 5.66. The standard InChI is InChI=1S/C29H33NO5/c1-19-7-3-4-8-21(19)18-34-23-10-11-24-20(2)25(28(32)35-26(24)15-23)16-27(31)30-14-13-29(33)12-6-5-9-22(29)17-30/h3-4,7-8,10-11,15,22,33H,5-6,9,12-14,16-18H2,1-2H3/t22-,29+/m1/s1. The van der Waals surface area contributed by atoms with Crippen molar-refractivity contribution in [3.05, 3.63) is 75.1 Å². The zero-order chi connectivity index (χ0) is 24.6. The molecule has 2 aromatic carbocycles. The normalized spacial score (nSPS) is 22.1. The molecule has 184 valence electrons. The molecule has 1 saturated carbocycles. The number of hydrogen-bond donors (Lipinski definition) is 1. The highest BCUT2D eigenvalue weighted by Crippen LogP contribution is 2.40. The summed E-state index contributed by atoms with van der Waals surface area (Å²) in [6.45, 7) is 5.44. The van der Waals surface area contributed by atoms with Gasteiger partial charge in [0, 0.05) is 30.5 Å². The molecule has 5 rings (SSSR count). The molecule has 2 aliphatic rings. The number of hydrogen-bond acceptors (Lipinski definition) is 5. The SMILES string of the molecule is Cc1ccccc1COc1ccc2c(C)c(CC(=O)N3CC[C@@]4(O)CCCC[C@@H]4C3)c(=O)oc2c1. The largest absolute Gasteiger partial charge is 0.489 e. The molecule has 1 aliphatic carbocycles. The number of aryl methyl sites for hydroxylation is 2. The number of carbonyl (C=O) groups excluding carboxylic acids is 1. The average Bonchev–Trinajstić information content (AvgIpc) is 2.85. The van der Waals surface area contributed by atoms with Crippen LogP contribution in [-0.4, -0.2) is 34.6 Å². The van der Waals surface area contributed by atoms with Crippen LogP contribution in [0.5, 0.6) is 5.75 Å². The molecule has 0 spiro atoms. The van der Waals surface area contributed by atoms with E-state index in [4.69, 9.17) is 9.15 Å². The summed E-state index contributed by atoms with van der Waals surface area (Å²) >= 11 is 0. The Bertz CT molecular complexity index is 1310. The molecule has 3 aromatic rings. The summed E-state index contributed by atoms with van der Waals surface area (Å²) in [5, 5.41) is 11.7. The van der Waals surface area contributed by atoms with Crippen LogP contribution in [0.3, 0.4) is 0 Å². The molecule has 1 saturated heterocycles. The van der Waals surface area contributed by atoms with Gasteiger partial charge in [-0.3, -0.25) is 4.79 Å². The van der Waals surface area contributed by atoms with Gasteiger partial charge in [0.05, 0.1) is 17.6 Å². The van der Waals surface area contributed by atoms with Crippen molar-refractivity contribution < 1.29 is 19.1 Å². The molecule has 2 fully saturated rings. The van der Waals surface area contributed by atoms with Gasteiger partial charge in [-0.05, 0) is 61.9 Å². The van der Waals surface area contributed by atoms with Gasteiger partial charge < -0.3 is 19.2 Å². The third kappa shape index (κ3) is 4.72. The Morgan fingerprint density at radius 1 is 1.17 bits per heavy atom. The molecular weight excluding hydrogens is 442 g/mol. The van der Waals surface area contributed by atoms with Crippen LogP contribution in [0.2, 0.25) is 0 Å². The Hall–Kier alpha value is -3.12. The van der Waals surface area contributed by atoms with Crippen molar-refractivity contribution in [3.8, 4) is 5.75 Å². The van der Waals surface area contributed by atoms with Crippen LogP contribution in [0.25, 0.3) is 11.0 Å². The molecule has 0 bridgehead atoms. The van der Waals surface area contributed by atoms with Gasteiger partial charge in [-0.2, -0.15) is 0 Å². The fraction of sp³-hybridized carbons (Fsp3) is 0.448. The minimum Gasteiger partial charge on any atom is -0.489 e. The number of nitrogens with zero attached hydrogens (tertiary/aromatic N) is 1. The maximum atomic E-state index is 13.1. The molecule has 1 amide bonds. The molecule has 6 heteroatoms. The number of benzene rings is 2. The highest BCUT2D eigenvalue weighted by molar-refractivity contribution is 5.85. The van der Waals surface area contributed by atoms with Gasteiger partial charge in [0.25, 0.3) is 0 Å². The van der Waals surface area contributed by atoms with E-state index in [1.54, 1.807) is 6.07 Å². The van der Waals surface area contributed by atoms with Gasteiger partial charge in [-0.15, -0.1) is 0 Å². The van der Waals surface area contributed by atoms with Gasteiger partial charge in [0.15, 0.2) is 0 Å². The Balaban J connectivity index is 1.32. The highest BCUT2D eigenvalue weighted by Gasteiger charge is 2.43. The molecule has 1 aliphatic heterocycles. The number of amides is 1. The average molecular weight is 476 g/mol. The maximum Gasteiger partial charge on any atom is 0.340 e. The third-order valence-electron chi connectivity index (χ3n) is 8.02. The third-order valence-corrected chi connectivity index (χ3v) is 8.02. The van der Waals surface area contributed by atoms with E-state index in [2.05, 4.69) is 0 Å². The fourth-order valence-electron chi connectivity index (χ4n) is 5.66. The molecule has 2 atom stereocenters. The number of likely N-dealkylation sites (tertiary alicyclic amines) is 1. The smallest absolute Gasteiger partial charge is 0.340 e. The van der Waals surface area contributed by atoms with Crippen molar-refractivity contribution >= 4 is 16.9 Å². The molecule has 1 aromatic heterocycles. The first kappa shape index (κ1) is 23.6. The van der Waals surface area contributed by atoms with E-state index in [1.165, 1.54) is 0 Å². The second kappa shape index (κ2) is 9.50. The lowest BCUT2D eigenvalue weighted by Crippen LogP contribution is -2.55. The van der Waals surface area contributed by atoms with Crippen LogP contribution >= 0.6 is 0 Å². The minimum atomic E-state index is -0.633. The van der Waals surface area contributed by atoms with Crippen molar-refractivity contribution in [2.45, 2.75) is 64.6 Å². The molecule has 0 unspecified atom stereocenters. The van der Waals surface area contributed by atoms with Crippen molar-refractivity contribution in [2.24, 2.45) is 5.92 Å². The van der Waals surface area contributed by atoms with Gasteiger partial charge in [0.2, 0.25) is 5.91 Å². The summed E-state index contributed by atoms with van der Waals surface area (Å²) in [4.78, 5) is 27.8. The number of carbonyl (C=O) groups is 1. The van der Waals surface area contributed by atoms with Crippen LogP contribution < -0.4 is 10.4 Å². The van der Waals surface area contributed by atoms with Crippen LogP contribution in [0.4, 0.5) is 0 Å². The first-order valence-electron chi connectivity index (χ1n) is 12.6. The Morgan fingerprint density at radius 3 is 2.83 bits per heavy atom. The van der Waals surface area contributed by atoms with E-state index in [9.17, 15) is 14.7 Å². The molecule has 6 nitrogen and oxygen atoms in total. The second-order valence-electron chi connectivity index (χ2n) is 10.2. The van der Waals surface area contributed by atoms with Gasteiger partial charge >= 0.3 is 5.63 Å². The van der Waals surface area contributed by atoms with Crippen LogP contribution in [0.15, 0.2) is 51.7 Å². The predicted molar refractivity (Wildman–Crippen MR) is 135 cm³/mol. The number of ether oxygens (including phenoxy) is 1. The van der Waals surface area contributed by atoms with Crippen molar-refractivity contribution in [1.29, 1.82) is 0 Å². The van der Waals surface area contributed by atoms with E-state index < -0.39 is 11.2 Å². The lowest BCUT2D eigenvalue weighted by molar-refractivity contribution is -0.142. The lowest BCUT2D eigenvalue weighted by atomic mass is 9.71. The molecular formula is C29H33NO5. The zero-order valence-electron chi connectivity index (χ0n) is 20.5. The van der Waals surface area contributed by atoms with E-state index in [0.29, 0.717) is 43.0 Å². The van der Waals surface area contributed by atoms with E-state index in [1.807, 2.05) is 55.1 Å². The molecule has 1 N–H and O–H groups in total. The van der Waals surface area contributed by atoms with Gasteiger partial charge in [-0.25, -0.2) is 4.79 Å². The summed E-state index contributed by atoms with van der Waals surface area (Å²) in [7, 11) is 0. The van der Waals surface area contributed by atoms with Crippen molar-refractivity contribution in [2.75, 3.05) is 13.1 Å². The minimum absolute atomic E-state index is 0.0147. The number of aliphatic hydroxyl groups is 1. The predicted octanol–water partition coefficient (Wildman–Crippen LogP) is 4.68. The zero-order valence-corrected chi connectivity index (χ0v) is 20.5. The Kier molecular flexibility index (Phi) is 6.41. The summed E-state index contributed by atoms with van der Waals surface area (Å²) in [5.41, 5.74) is 2.77. The topological polar surface area (TPSA) is 80.0 Å². The van der Waals surface area contributed by atoms with Crippen molar-refractivity contribution in [1.82, 2.24) is 4.90 Å². The Labute approximate surface area is 205 Å². The number of rotatable bonds is 5. The van der Waals surface area contributed by atoms with Gasteiger partial charge in [0.1, 0.15) is 17.9 Å². The van der Waals surface area contributed by atoms with Crippen molar-refractivity contribution in [3.63, 3.8) is 0 Å². The number of piperidine rings is 1. The highest BCUT2D eigenvalue weighted by atomic mass is 16.5. The second-order valence-corrected chi connectivity index (χ2v) is 10.2. The monoisotopic (exact) mass is 475 g/mol. The Morgan fingerprint density at radius 2 is 2.00 bits per heavy atom. The maximum absolute atomic E-state index is 13.1. The lowest BCUT2D eigenvalue weighted by Gasteiger charge is -2.47. The summed E-state index contributed by atoms with van der Waals surface area (Å²) in [6, 6.07) is 13.5. The van der Waals surface area contributed by atoms with Crippen LogP contribution in [0.1, 0.15) is 54.4 Å². The number of fused-ring (bicyclic) bond motifs is 2. The first-order valence-corrected chi connectivity index (χ1v) is 12.6. The summed E-state index contributed by atoms with van der Waals surface area (Å²) < 4.78 is 11.6. The van der Waals surface area contributed by atoms with E-state index >= 15 is 0 Å². The van der Waals surface area contributed by atoms with E-state index in [0.717, 1.165) is 47.8 Å². The van der Waals surface area contributed by atoms with Crippen LogP contribution in [-0.2, 0) is 17.8 Å². The summed E-state index contributed by atoms with van der Waals surface area (Å²) in [6.07, 6.45) is 4.55. The molecule has 0 radical (unpaired) electrons. The quantitative estimate of drug-likeness (QED) is 0.542. The van der Waals surface area contributed by atoms with Crippen LogP contribution in [0, 0.1) is 19.8 Å². The molecule has 2 heterocycles. The molecule has 35 heavy (non-hydrogen) atoms.